The maximum Gasteiger partial charge on any atom is 2.00 e. The van der Waals surface area contributed by atoms with E-state index in [9.17, 15) is 0 Å². The van der Waals surface area contributed by atoms with Crippen LogP contribution in [0.25, 0.3) is 11.1 Å². The van der Waals surface area contributed by atoms with E-state index in [1.165, 1.54) is 59.1 Å². The maximum atomic E-state index is 2.73. The van der Waals surface area contributed by atoms with Crippen molar-refractivity contribution in [3.05, 3.63) is 80.4 Å². The second-order valence-corrected chi connectivity index (χ2v) is 17.7. The summed E-state index contributed by atoms with van der Waals surface area (Å²) in [5, 5.41) is 0. The Balaban J connectivity index is 0.00000176. The summed E-state index contributed by atoms with van der Waals surface area (Å²) in [7, 11) is 0. The minimum Gasteiger partial charge on any atom is -1.00 e. The number of rotatable bonds is 2. The quantitative estimate of drug-likeness (QED) is 0.372. The zero-order valence-corrected chi connectivity index (χ0v) is 33.8. The Morgan fingerprint density at radius 3 is 1.59 bits per heavy atom. The monoisotopic (exact) mass is 708 g/mol. The molecule has 6 rings (SSSR count). The van der Waals surface area contributed by atoms with Crippen LogP contribution in [0.15, 0.2) is 47.1 Å². The minimum absolute atomic E-state index is 0. The smallest absolute Gasteiger partial charge is 1.00 e. The summed E-state index contributed by atoms with van der Waals surface area (Å²) in [5.74, 6) is 2.51. The van der Waals surface area contributed by atoms with Gasteiger partial charge in [-0.25, -0.2) is 0 Å². The summed E-state index contributed by atoms with van der Waals surface area (Å²) < 4.78 is 0. The van der Waals surface area contributed by atoms with Gasteiger partial charge in [0.05, 0.1) is 0 Å². The molecule has 2 aromatic carbocycles. The number of hydrogen-bond acceptors (Lipinski definition) is 0. The van der Waals surface area contributed by atoms with Crippen LogP contribution in [0.5, 0.6) is 0 Å². The normalized spacial score (nSPS) is 24.3. The molecule has 1 fully saturated rings. The Labute approximate surface area is 301 Å². The summed E-state index contributed by atoms with van der Waals surface area (Å²) in [4.78, 5) is 0. The molecule has 2 aromatic rings. The van der Waals surface area contributed by atoms with Crippen LogP contribution in [0.3, 0.4) is 0 Å². The van der Waals surface area contributed by atoms with Gasteiger partial charge >= 0.3 is 26.2 Å². The summed E-state index contributed by atoms with van der Waals surface area (Å²) in [6.07, 6.45) is 8.11. The average molecular weight is 711 g/mol. The number of hydrogen-bond donors (Lipinski definition) is 0. The topological polar surface area (TPSA) is 0 Å². The zero-order chi connectivity index (χ0) is 30.0. The van der Waals surface area contributed by atoms with Crippen LogP contribution < -0.4 is 24.8 Å². The third-order valence-electron chi connectivity index (χ3n) is 11.8. The molecule has 0 amide bonds. The molecule has 238 valence electrons. The predicted octanol–water partition coefficient (Wildman–Crippen LogP) is 5.76. The van der Waals surface area contributed by atoms with Crippen LogP contribution in [0.2, 0.25) is 0 Å². The molecule has 0 N–H and O–H groups in total. The molecular formula is C41H56Cl2Zr. The van der Waals surface area contributed by atoms with Gasteiger partial charge in [-0.1, -0.05) is 124 Å². The Bertz CT molecular complexity index is 1430. The van der Waals surface area contributed by atoms with Crippen molar-refractivity contribution in [1.29, 1.82) is 0 Å². The van der Waals surface area contributed by atoms with Gasteiger partial charge in [0.2, 0.25) is 0 Å². The van der Waals surface area contributed by atoms with Crippen LogP contribution in [0, 0.1) is 42.4 Å². The first-order chi connectivity index (χ1) is 18.9. The number of aryl methyl sites for hydroxylation is 2. The van der Waals surface area contributed by atoms with Crippen molar-refractivity contribution < 1.29 is 51.0 Å². The van der Waals surface area contributed by atoms with E-state index in [0.717, 1.165) is 11.8 Å². The molecule has 0 heterocycles. The third-order valence-corrected chi connectivity index (χ3v) is 11.8. The van der Waals surface area contributed by atoms with Gasteiger partial charge in [0.15, 0.2) is 0 Å². The zero-order valence-electron chi connectivity index (χ0n) is 29.8. The first-order valence-corrected chi connectivity index (χ1v) is 16.6. The summed E-state index contributed by atoms with van der Waals surface area (Å²) >= 11 is 0. The molecule has 3 heteroatoms. The van der Waals surface area contributed by atoms with Crippen LogP contribution in [-0.4, -0.2) is 0 Å². The molecule has 44 heavy (non-hydrogen) atoms. The van der Waals surface area contributed by atoms with E-state index < -0.39 is 0 Å². The molecule has 3 atom stereocenters. The van der Waals surface area contributed by atoms with Crippen LogP contribution in [0.1, 0.15) is 141 Å². The molecule has 0 bridgehead atoms. The molecule has 0 radical (unpaired) electrons. The molecule has 0 aromatic heterocycles. The first-order valence-electron chi connectivity index (χ1n) is 16.6. The fourth-order valence-corrected chi connectivity index (χ4v) is 10.1. The molecular weight excluding hydrogens is 655 g/mol. The molecule has 1 saturated carbocycles. The van der Waals surface area contributed by atoms with E-state index in [-0.39, 0.29) is 72.7 Å². The third kappa shape index (κ3) is 5.44. The van der Waals surface area contributed by atoms with Crippen molar-refractivity contribution in [3.8, 4) is 11.1 Å². The van der Waals surface area contributed by atoms with Crippen LogP contribution in [0.4, 0.5) is 0 Å². The van der Waals surface area contributed by atoms with Crippen molar-refractivity contribution in [3.63, 3.8) is 0 Å². The number of benzene rings is 2. The van der Waals surface area contributed by atoms with Crippen molar-refractivity contribution >= 4 is 0 Å². The Morgan fingerprint density at radius 2 is 1.18 bits per heavy atom. The predicted molar refractivity (Wildman–Crippen MR) is 178 cm³/mol. The van der Waals surface area contributed by atoms with Gasteiger partial charge in [0.1, 0.15) is 0 Å². The summed E-state index contributed by atoms with van der Waals surface area (Å²) in [5.41, 5.74) is 18.1. The van der Waals surface area contributed by atoms with Crippen LogP contribution >= 0.6 is 0 Å². The molecule has 0 saturated heterocycles. The van der Waals surface area contributed by atoms with Crippen LogP contribution in [-0.2, 0) is 37.0 Å². The first kappa shape index (κ1) is 37.8. The fourth-order valence-electron chi connectivity index (χ4n) is 10.1. The Kier molecular flexibility index (Phi) is 10.4. The van der Waals surface area contributed by atoms with Gasteiger partial charge in [0.25, 0.3) is 0 Å². The molecule has 4 aliphatic carbocycles. The fraction of sp³-hybridized carbons (Fsp3) is 0.610. The average Bonchev–Trinajstić information content (AvgIpc) is 3.56. The summed E-state index contributed by atoms with van der Waals surface area (Å²) in [6, 6.07) is 10.5. The molecule has 4 aliphatic rings. The van der Waals surface area contributed by atoms with Crippen molar-refractivity contribution in [2.45, 2.75) is 132 Å². The Morgan fingerprint density at radius 1 is 0.705 bits per heavy atom. The van der Waals surface area contributed by atoms with E-state index in [1.807, 2.05) is 5.57 Å². The second-order valence-electron chi connectivity index (χ2n) is 17.7. The largest absolute Gasteiger partial charge is 2.00 e. The van der Waals surface area contributed by atoms with E-state index in [2.05, 4.69) is 120 Å². The van der Waals surface area contributed by atoms with Crippen molar-refractivity contribution in [2.75, 3.05) is 0 Å². The number of allylic oxidation sites excluding steroid dienone is 4. The molecule has 3 unspecified atom stereocenters. The molecule has 0 spiro atoms. The number of halogens is 2. The standard InChI is InChI=1S/C41H56.2ClH.Zr/c1-23(2)41(33-16-14-15-27(33)30-19-26(20-36(30)41)38(5,6)7)37-31-17-24(3)34(39(8,9)10)21-28(31)29-22-35(40(11,12)13)25(4)18-32(29)37;;;/h17-18,20-23,27,33,37H,14-16,19H2,1-13H3;2*1H;/q;;;+2/p-2. The van der Waals surface area contributed by atoms with Crippen molar-refractivity contribution in [1.82, 2.24) is 0 Å². The van der Waals surface area contributed by atoms with Gasteiger partial charge < -0.3 is 24.8 Å². The van der Waals surface area contributed by atoms with E-state index >= 15 is 0 Å². The summed E-state index contributed by atoms with van der Waals surface area (Å²) in [6.45, 7) is 31.5. The van der Waals surface area contributed by atoms with Crippen molar-refractivity contribution in [2.24, 2.45) is 28.6 Å². The van der Waals surface area contributed by atoms with E-state index in [0.29, 0.717) is 11.8 Å². The number of fused-ring (bicyclic) bond motifs is 5. The van der Waals surface area contributed by atoms with E-state index in [1.54, 1.807) is 22.3 Å². The van der Waals surface area contributed by atoms with Gasteiger partial charge in [0, 0.05) is 11.3 Å². The Hall–Kier alpha value is -0.617. The SMILES string of the molecule is Cc1cc2c(cc1C(C)(C)C)-c1cc(C(C)(C)C)c(C)cc1C2C1(C(C)C)C2=C(CC(C(C)(C)C)=C2)C2CCCC21.[Cl-].[Cl-].[Zr+2]. The molecule has 0 nitrogen and oxygen atoms in total. The van der Waals surface area contributed by atoms with Gasteiger partial charge in [-0.3, -0.25) is 0 Å². The maximum absolute atomic E-state index is 2.73. The van der Waals surface area contributed by atoms with Gasteiger partial charge in [-0.15, -0.1) is 0 Å². The van der Waals surface area contributed by atoms with E-state index in [4.69, 9.17) is 0 Å². The molecule has 0 aliphatic heterocycles. The second kappa shape index (κ2) is 12.1. The minimum atomic E-state index is 0. The van der Waals surface area contributed by atoms with Gasteiger partial charge in [-0.2, -0.15) is 0 Å². The van der Waals surface area contributed by atoms with Gasteiger partial charge in [-0.05, 0) is 117 Å².